The van der Waals surface area contributed by atoms with Gasteiger partial charge in [-0.1, -0.05) is 24.3 Å². The Labute approximate surface area is 130 Å². The van der Waals surface area contributed by atoms with Gasteiger partial charge in [-0.05, 0) is 43.7 Å². The molecule has 22 heavy (non-hydrogen) atoms. The van der Waals surface area contributed by atoms with E-state index in [1.54, 1.807) is 7.11 Å². The van der Waals surface area contributed by atoms with Crippen molar-refractivity contribution in [3.05, 3.63) is 59.9 Å². The maximum atomic E-state index is 6.09. The zero-order valence-electron chi connectivity index (χ0n) is 13.0. The number of aromatic nitrogens is 2. The van der Waals surface area contributed by atoms with Crippen LogP contribution in [0.3, 0.4) is 0 Å². The molecule has 1 N–H and O–H groups in total. The molecular weight excluding hydrogens is 276 g/mol. The first-order valence-corrected chi connectivity index (χ1v) is 7.41. The highest BCUT2D eigenvalue weighted by molar-refractivity contribution is 5.74. The summed E-state index contributed by atoms with van der Waals surface area (Å²) in [5.74, 6) is 1.65. The molecule has 2 aromatic carbocycles. The van der Waals surface area contributed by atoms with E-state index in [1.807, 2.05) is 62.4 Å². The molecule has 0 aliphatic heterocycles. The summed E-state index contributed by atoms with van der Waals surface area (Å²) in [5.41, 5.74) is 3.01. The first-order chi connectivity index (χ1) is 10.7. The summed E-state index contributed by atoms with van der Waals surface area (Å²) < 4.78 is 11.3. The van der Waals surface area contributed by atoms with E-state index in [9.17, 15) is 0 Å². The summed E-state index contributed by atoms with van der Waals surface area (Å²) in [6.07, 6.45) is -0.126. The van der Waals surface area contributed by atoms with Crippen LogP contribution in [0.4, 0.5) is 0 Å². The number of nitrogens with one attached hydrogen (secondary N) is 1. The Bertz CT molecular complexity index is 714. The molecule has 3 aromatic rings. The second kappa shape index (κ2) is 6.20. The van der Waals surface area contributed by atoms with Gasteiger partial charge >= 0.3 is 0 Å². The normalized spacial score (nSPS) is 12.7. The van der Waals surface area contributed by atoms with Crippen LogP contribution in [0.1, 0.15) is 31.3 Å². The van der Waals surface area contributed by atoms with E-state index in [4.69, 9.17) is 9.47 Å². The summed E-state index contributed by atoms with van der Waals surface area (Å²) >= 11 is 0. The van der Waals surface area contributed by atoms with Crippen LogP contribution in [-0.4, -0.2) is 23.2 Å². The standard InChI is InChI=1S/C18H20N2O2/c1-12(2)22-17(13-8-10-14(21-3)11-9-13)18-19-15-6-4-5-7-16(15)20-18/h4-12,17H,1-3H3,(H,19,20). The van der Waals surface area contributed by atoms with Crippen molar-refractivity contribution in [3.8, 4) is 5.75 Å². The zero-order chi connectivity index (χ0) is 15.5. The summed E-state index contributed by atoms with van der Waals surface area (Å²) in [4.78, 5) is 8.03. The van der Waals surface area contributed by atoms with Gasteiger partial charge in [0.1, 0.15) is 17.7 Å². The van der Waals surface area contributed by atoms with Gasteiger partial charge in [-0.25, -0.2) is 4.98 Å². The molecule has 0 radical (unpaired) electrons. The van der Waals surface area contributed by atoms with Crippen molar-refractivity contribution < 1.29 is 9.47 Å². The van der Waals surface area contributed by atoms with Gasteiger partial charge in [0, 0.05) is 0 Å². The molecule has 4 heteroatoms. The number of rotatable bonds is 5. The van der Waals surface area contributed by atoms with E-state index in [0.29, 0.717) is 0 Å². The van der Waals surface area contributed by atoms with Crippen molar-refractivity contribution in [2.24, 2.45) is 0 Å². The van der Waals surface area contributed by atoms with Gasteiger partial charge in [-0.2, -0.15) is 0 Å². The molecule has 1 unspecified atom stereocenters. The van der Waals surface area contributed by atoms with Crippen LogP contribution < -0.4 is 4.74 Å². The fourth-order valence-electron chi connectivity index (χ4n) is 2.45. The Morgan fingerprint density at radius 2 is 1.73 bits per heavy atom. The molecule has 1 aromatic heterocycles. The van der Waals surface area contributed by atoms with Crippen molar-refractivity contribution >= 4 is 11.0 Å². The molecule has 0 spiro atoms. The number of H-pyrrole nitrogens is 1. The summed E-state index contributed by atoms with van der Waals surface area (Å²) in [5, 5.41) is 0. The number of imidazole rings is 1. The molecule has 0 aliphatic carbocycles. The molecule has 114 valence electrons. The summed E-state index contributed by atoms with van der Waals surface area (Å²) in [6.45, 7) is 4.05. The van der Waals surface area contributed by atoms with Gasteiger partial charge in [0.15, 0.2) is 0 Å². The van der Waals surface area contributed by atoms with Gasteiger partial charge in [0.2, 0.25) is 0 Å². The lowest BCUT2D eigenvalue weighted by Gasteiger charge is -2.19. The minimum atomic E-state index is -0.224. The van der Waals surface area contributed by atoms with Crippen molar-refractivity contribution in [1.82, 2.24) is 9.97 Å². The molecule has 0 amide bonds. The van der Waals surface area contributed by atoms with Crippen molar-refractivity contribution in [1.29, 1.82) is 0 Å². The fourth-order valence-corrected chi connectivity index (χ4v) is 2.45. The van der Waals surface area contributed by atoms with E-state index < -0.39 is 0 Å². The minimum absolute atomic E-state index is 0.0975. The topological polar surface area (TPSA) is 47.1 Å². The van der Waals surface area contributed by atoms with E-state index in [2.05, 4.69) is 9.97 Å². The Morgan fingerprint density at radius 3 is 2.36 bits per heavy atom. The van der Waals surface area contributed by atoms with Crippen LogP contribution in [0, 0.1) is 0 Å². The average molecular weight is 296 g/mol. The number of hydrogen-bond acceptors (Lipinski definition) is 3. The number of methoxy groups -OCH3 is 1. The van der Waals surface area contributed by atoms with Crippen LogP contribution >= 0.6 is 0 Å². The molecule has 1 heterocycles. The largest absolute Gasteiger partial charge is 0.497 e. The molecule has 4 nitrogen and oxygen atoms in total. The van der Waals surface area contributed by atoms with Crippen LogP contribution in [0.25, 0.3) is 11.0 Å². The fraction of sp³-hybridized carbons (Fsp3) is 0.278. The second-order valence-corrected chi connectivity index (χ2v) is 5.48. The molecule has 0 saturated carbocycles. The third kappa shape index (κ3) is 2.97. The Balaban J connectivity index is 2.00. The lowest BCUT2D eigenvalue weighted by Crippen LogP contribution is -2.13. The minimum Gasteiger partial charge on any atom is -0.497 e. The van der Waals surface area contributed by atoms with E-state index in [1.165, 1.54) is 0 Å². The maximum Gasteiger partial charge on any atom is 0.141 e. The molecule has 0 aliphatic rings. The van der Waals surface area contributed by atoms with Crippen LogP contribution in [0.15, 0.2) is 48.5 Å². The molecule has 0 saturated heterocycles. The molecule has 1 atom stereocenters. The smallest absolute Gasteiger partial charge is 0.141 e. The van der Waals surface area contributed by atoms with Gasteiger partial charge in [0.25, 0.3) is 0 Å². The van der Waals surface area contributed by atoms with Crippen molar-refractivity contribution in [3.63, 3.8) is 0 Å². The quantitative estimate of drug-likeness (QED) is 0.771. The van der Waals surface area contributed by atoms with E-state index >= 15 is 0 Å². The lowest BCUT2D eigenvalue weighted by molar-refractivity contribution is 0.0261. The van der Waals surface area contributed by atoms with Crippen molar-refractivity contribution in [2.45, 2.75) is 26.1 Å². The third-order valence-electron chi connectivity index (χ3n) is 3.48. The van der Waals surface area contributed by atoms with Gasteiger partial charge in [-0.15, -0.1) is 0 Å². The number of para-hydroxylation sites is 2. The van der Waals surface area contributed by atoms with Crippen LogP contribution in [-0.2, 0) is 4.74 Å². The zero-order valence-corrected chi connectivity index (χ0v) is 13.0. The first kappa shape index (κ1) is 14.6. The molecule has 0 bridgehead atoms. The highest BCUT2D eigenvalue weighted by Crippen LogP contribution is 2.28. The summed E-state index contributed by atoms with van der Waals surface area (Å²) in [6, 6.07) is 15.9. The molecular formula is C18H20N2O2. The second-order valence-electron chi connectivity index (χ2n) is 5.48. The predicted octanol–water partition coefficient (Wildman–Crippen LogP) is 4.09. The van der Waals surface area contributed by atoms with Crippen molar-refractivity contribution in [2.75, 3.05) is 7.11 Å². The lowest BCUT2D eigenvalue weighted by atomic mass is 10.1. The SMILES string of the molecule is COc1ccc(C(OC(C)C)c2nc3ccccc3[nH]2)cc1. The number of aromatic amines is 1. The van der Waals surface area contributed by atoms with Gasteiger partial charge in [-0.3, -0.25) is 0 Å². The first-order valence-electron chi connectivity index (χ1n) is 7.41. The maximum absolute atomic E-state index is 6.09. The Hall–Kier alpha value is -2.33. The van der Waals surface area contributed by atoms with Gasteiger partial charge < -0.3 is 14.5 Å². The third-order valence-corrected chi connectivity index (χ3v) is 3.48. The predicted molar refractivity (Wildman–Crippen MR) is 87.2 cm³/mol. The summed E-state index contributed by atoms with van der Waals surface area (Å²) in [7, 11) is 1.66. The van der Waals surface area contributed by atoms with Gasteiger partial charge in [0.05, 0.1) is 24.2 Å². The van der Waals surface area contributed by atoms with Crippen LogP contribution in [0.5, 0.6) is 5.75 Å². The average Bonchev–Trinajstić information content (AvgIpc) is 2.96. The van der Waals surface area contributed by atoms with Crippen LogP contribution in [0.2, 0.25) is 0 Å². The molecule has 0 fully saturated rings. The number of hydrogen-bond donors (Lipinski definition) is 1. The number of benzene rings is 2. The molecule has 3 rings (SSSR count). The Kier molecular flexibility index (Phi) is 4.11. The highest BCUT2D eigenvalue weighted by atomic mass is 16.5. The monoisotopic (exact) mass is 296 g/mol. The highest BCUT2D eigenvalue weighted by Gasteiger charge is 2.20. The number of fused-ring (bicyclic) bond motifs is 1. The Morgan fingerprint density at radius 1 is 1.00 bits per heavy atom. The number of ether oxygens (including phenoxy) is 2. The number of nitrogens with zero attached hydrogens (tertiary/aromatic N) is 1. The van der Waals surface area contributed by atoms with E-state index in [0.717, 1.165) is 28.2 Å². The van der Waals surface area contributed by atoms with E-state index in [-0.39, 0.29) is 12.2 Å².